The summed E-state index contributed by atoms with van der Waals surface area (Å²) < 4.78 is 12.7. The third-order valence-corrected chi connectivity index (χ3v) is 3.70. The van der Waals surface area contributed by atoms with Crippen LogP contribution in [0.2, 0.25) is 0 Å². The molecular weight excluding hydrogens is 314 g/mol. The highest BCUT2D eigenvalue weighted by Gasteiger charge is 2.16. The zero-order chi connectivity index (χ0) is 17.9. The molecule has 0 fully saturated rings. The average molecular weight is 333 g/mol. The number of benzene rings is 1. The second-order valence-corrected chi connectivity index (χ2v) is 5.10. The quantitative estimate of drug-likeness (QED) is 0.834. The summed E-state index contributed by atoms with van der Waals surface area (Å²) in [6.45, 7) is 0.0288. The van der Waals surface area contributed by atoms with Gasteiger partial charge in [0.05, 0.1) is 26.3 Å². The van der Waals surface area contributed by atoms with Gasteiger partial charge in [-0.3, -0.25) is 18.7 Å². The number of aromatic nitrogens is 2. The van der Waals surface area contributed by atoms with Crippen LogP contribution in [0.15, 0.2) is 33.9 Å². The molecule has 0 saturated heterocycles. The van der Waals surface area contributed by atoms with Crippen LogP contribution in [0.4, 0.5) is 0 Å². The molecule has 0 unspecified atom stereocenters. The number of nitrogens with zero attached hydrogens (tertiary/aromatic N) is 2. The maximum Gasteiger partial charge on any atom is 0.330 e. The van der Waals surface area contributed by atoms with Gasteiger partial charge in [0.2, 0.25) is 0 Å². The summed E-state index contributed by atoms with van der Waals surface area (Å²) >= 11 is 0. The van der Waals surface area contributed by atoms with Crippen LogP contribution in [0.5, 0.6) is 11.5 Å². The van der Waals surface area contributed by atoms with E-state index in [1.165, 1.54) is 38.9 Å². The van der Waals surface area contributed by atoms with E-state index in [-0.39, 0.29) is 6.54 Å². The van der Waals surface area contributed by atoms with Crippen LogP contribution in [0.1, 0.15) is 16.1 Å². The zero-order valence-corrected chi connectivity index (χ0v) is 14.0. The molecule has 24 heavy (non-hydrogen) atoms. The minimum absolute atomic E-state index is 0.0288. The normalized spacial score (nSPS) is 10.3. The van der Waals surface area contributed by atoms with Crippen LogP contribution in [-0.4, -0.2) is 29.3 Å². The number of hydrogen-bond acceptors (Lipinski definition) is 5. The summed E-state index contributed by atoms with van der Waals surface area (Å²) in [7, 11) is 5.86. The number of hydrogen-bond donors (Lipinski definition) is 1. The third-order valence-electron chi connectivity index (χ3n) is 3.70. The Balaban J connectivity index is 2.27. The first-order valence-electron chi connectivity index (χ1n) is 7.15. The molecule has 0 saturated carbocycles. The molecule has 2 aromatic rings. The molecule has 1 aromatic heterocycles. The van der Waals surface area contributed by atoms with Gasteiger partial charge < -0.3 is 14.8 Å². The molecule has 2 rings (SSSR count). The summed E-state index contributed by atoms with van der Waals surface area (Å²) in [6.07, 6.45) is 0. The first-order chi connectivity index (χ1) is 11.4. The number of amides is 1. The fourth-order valence-corrected chi connectivity index (χ4v) is 2.28. The Kier molecular flexibility index (Phi) is 5.08. The predicted molar refractivity (Wildman–Crippen MR) is 87.6 cm³/mol. The number of ether oxygens (including phenoxy) is 2. The van der Waals surface area contributed by atoms with E-state index in [0.717, 1.165) is 4.57 Å². The van der Waals surface area contributed by atoms with Crippen molar-refractivity contribution in [3.8, 4) is 11.5 Å². The third kappa shape index (κ3) is 3.17. The maximum atomic E-state index is 12.4. The van der Waals surface area contributed by atoms with Crippen molar-refractivity contribution >= 4 is 5.91 Å². The van der Waals surface area contributed by atoms with Gasteiger partial charge in [0, 0.05) is 25.9 Å². The summed E-state index contributed by atoms with van der Waals surface area (Å²) in [5, 5.41) is 2.67. The fraction of sp³-hybridized carbons (Fsp3) is 0.312. The van der Waals surface area contributed by atoms with Crippen molar-refractivity contribution in [1.29, 1.82) is 0 Å². The average Bonchev–Trinajstić information content (AvgIpc) is 2.60. The van der Waals surface area contributed by atoms with Crippen molar-refractivity contribution < 1.29 is 14.3 Å². The lowest BCUT2D eigenvalue weighted by atomic mass is 10.1. The van der Waals surface area contributed by atoms with Crippen LogP contribution in [0.3, 0.4) is 0 Å². The van der Waals surface area contributed by atoms with Gasteiger partial charge in [0.1, 0.15) is 0 Å². The Hall–Kier alpha value is -3.03. The number of para-hydroxylation sites is 1. The lowest BCUT2D eigenvalue weighted by molar-refractivity contribution is 0.0946. The molecule has 8 heteroatoms. The molecule has 8 nitrogen and oxygen atoms in total. The maximum absolute atomic E-state index is 12.4. The lowest BCUT2D eigenvalue weighted by Gasteiger charge is -2.13. The molecule has 128 valence electrons. The Labute approximate surface area is 138 Å². The molecule has 0 aliphatic rings. The largest absolute Gasteiger partial charge is 0.493 e. The monoisotopic (exact) mass is 333 g/mol. The van der Waals surface area contributed by atoms with Crippen LogP contribution in [-0.2, 0) is 20.6 Å². The van der Waals surface area contributed by atoms with Crippen molar-refractivity contribution in [3.05, 3.63) is 56.4 Å². The van der Waals surface area contributed by atoms with Crippen LogP contribution in [0, 0.1) is 0 Å². The van der Waals surface area contributed by atoms with Gasteiger partial charge in [0.25, 0.3) is 11.5 Å². The van der Waals surface area contributed by atoms with Gasteiger partial charge in [-0.15, -0.1) is 0 Å². The van der Waals surface area contributed by atoms with Crippen molar-refractivity contribution in [3.63, 3.8) is 0 Å². The first kappa shape index (κ1) is 17.3. The van der Waals surface area contributed by atoms with Crippen molar-refractivity contribution in [2.45, 2.75) is 6.54 Å². The predicted octanol–water partition coefficient (Wildman–Crippen LogP) is 0.0312. The summed E-state index contributed by atoms with van der Waals surface area (Å²) in [6, 6.07) is 6.26. The van der Waals surface area contributed by atoms with Gasteiger partial charge in [0.15, 0.2) is 11.5 Å². The second-order valence-electron chi connectivity index (χ2n) is 5.10. The molecule has 0 atom stereocenters. The number of methoxy groups -OCH3 is 2. The number of nitrogens with one attached hydrogen (secondary N) is 1. The SMILES string of the molecule is COc1cccc(C(=O)NCc2cc(=O)n(C)c(=O)n2C)c1OC. The molecule has 1 amide bonds. The Morgan fingerprint density at radius 2 is 1.83 bits per heavy atom. The number of rotatable bonds is 5. The van der Waals surface area contributed by atoms with Crippen LogP contribution in [0.25, 0.3) is 0 Å². The van der Waals surface area contributed by atoms with Gasteiger partial charge >= 0.3 is 5.69 Å². The molecule has 0 aliphatic heterocycles. The van der Waals surface area contributed by atoms with E-state index in [1.54, 1.807) is 18.2 Å². The molecular formula is C16H19N3O5. The molecule has 0 radical (unpaired) electrons. The fourth-order valence-electron chi connectivity index (χ4n) is 2.28. The molecule has 1 N–H and O–H groups in total. The van der Waals surface area contributed by atoms with E-state index in [1.807, 2.05) is 0 Å². The number of carbonyl (C=O) groups is 1. The molecule has 0 spiro atoms. The highest BCUT2D eigenvalue weighted by Crippen LogP contribution is 2.30. The standard InChI is InChI=1S/C16H19N3O5/c1-18-10(8-13(20)19(2)16(18)22)9-17-15(21)11-6-5-7-12(23-3)14(11)24-4/h5-8H,9H2,1-4H3,(H,17,21). The Bertz CT molecular complexity index is 882. The number of carbonyl (C=O) groups excluding carboxylic acids is 1. The van der Waals surface area contributed by atoms with Crippen LogP contribution < -0.4 is 26.0 Å². The molecule has 1 aromatic carbocycles. The highest BCUT2D eigenvalue weighted by molar-refractivity contribution is 5.97. The van der Waals surface area contributed by atoms with E-state index in [0.29, 0.717) is 22.8 Å². The smallest absolute Gasteiger partial charge is 0.330 e. The summed E-state index contributed by atoms with van der Waals surface area (Å²) in [5.74, 6) is 0.348. The van der Waals surface area contributed by atoms with E-state index in [4.69, 9.17) is 9.47 Å². The molecule has 1 heterocycles. The Morgan fingerprint density at radius 3 is 2.46 bits per heavy atom. The first-order valence-corrected chi connectivity index (χ1v) is 7.15. The topological polar surface area (TPSA) is 91.6 Å². The minimum atomic E-state index is -0.453. The summed E-state index contributed by atoms with van der Waals surface area (Å²) in [5.41, 5.74) is -0.184. The molecule has 0 bridgehead atoms. The lowest BCUT2D eigenvalue weighted by Crippen LogP contribution is -2.39. The van der Waals surface area contributed by atoms with Gasteiger partial charge in [-0.05, 0) is 12.1 Å². The van der Waals surface area contributed by atoms with E-state index >= 15 is 0 Å². The minimum Gasteiger partial charge on any atom is -0.493 e. The van der Waals surface area contributed by atoms with E-state index < -0.39 is 17.2 Å². The van der Waals surface area contributed by atoms with Crippen molar-refractivity contribution in [2.24, 2.45) is 14.1 Å². The van der Waals surface area contributed by atoms with Gasteiger partial charge in [-0.2, -0.15) is 0 Å². The molecule has 0 aliphatic carbocycles. The van der Waals surface area contributed by atoms with E-state index in [9.17, 15) is 14.4 Å². The highest BCUT2D eigenvalue weighted by atomic mass is 16.5. The second kappa shape index (κ2) is 7.03. The van der Waals surface area contributed by atoms with Gasteiger partial charge in [-0.1, -0.05) is 6.07 Å². The van der Waals surface area contributed by atoms with Crippen molar-refractivity contribution in [1.82, 2.24) is 14.5 Å². The summed E-state index contributed by atoms with van der Waals surface area (Å²) in [4.78, 5) is 36.0. The van der Waals surface area contributed by atoms with E-state index in [2.05, 4.69) is 5.32 Å². The Morgan fingerprint density at radius 1 is 1.12 bits per heavy atom. The van der Waals surface area contributed by atoms with Crippen molar-refractivity contribution in [2.75, 3.05) is 14.2 Å². The van der Waals surface area contributed by atoms with Crippen LogP contribution >= 0.6 is 0 Å². The zero-order valence-electron chi connectivity index (χ0n) is 14.0. The van der Waals surface area contributed by atoms with Gasteiger partial charge in [-0.25, -0.2) is 4.79 Å².